The van der Waals surface area contributed by atoms with Crippen molar-refractivity contribution < 1.29 is 14.9 Å². The highest BCUT2D eigenvalue weighted by molar-refractivity contribution is 5.70. The minimum Gasteiger partial charge on any atom is -0.391 e. The van der Waals surface area contributed by atoms with Crippen LogP contribution < -0.4 is 11.5 Å². The number of aliphatic hydroxyl groups is 2. The summed E-state index contributed by atoms with van der Waals surface area (Å²) in [6.07, 6.45) is -0.927. The molecule has 5 atom stereocenters. The number of ether oxygens (including phenoxy) is 1. The second-order valence-electron chi connectivity index (χ2n) is 5.54. The van der Waals surface area contributed by atoms with Gasteiger partial charge in [0.25, 0.3) is 0 Å². The molecule has 3 rings (SSSR count). The fraction of sp³-hybridized carbons (Fsp3) is 0.500. The first-order valence-corrected chi connectivity index (χ1v) is 7.08. The first-order valence-electron chi connectivity index (χ1n) is 7.08. The van der Waals surface area contributed by atoms with Gasteiger partial charge in [-0.3, -0.25) is 4.57 Å². The number of aliphatic hydroxyl groups excluding tert-OH is 2. The maximum absolute atomic E-state index is 10.5. The quantitative estimate of drug-likeness (QED) is 0.503. The lowest BCUT2D eigenvalue weighted by atomic mass is 9.90. The summed E-state index contributed by atoms with van der Waals surface area (Å²) in [5.74, 6) is 5.57. The van der Waals surface area contributed by atoms with Gasteiger partial charge >= 0.3 is 0 Å². The SMILES string of the molecule is CC#CC1(N)[C@@H](O)[C@@H]([C@H](C)O)O[C@H]1n1cnc2cnc(N)nc21. The molecule has 1 saturated heterocycles. The molecular formula is C14H18N6O3. The Morgan fingerprint density at radius 3 is 2.87 bits per heavy atom. The van der Waals surface area contributed by atoms with Crippen molar-refractivity contribution in [2.24, 2.45) is 5.73 Å². The van der Waals surface area contributed by atoms with E-state index in [4.69, 9.17) is 16.2 Å². The molecule has 1 aliphatic heterocycles. The van der Waals surface area contributed by atoms with E-state index in [0.717, 1.165) is 0 Å². The Balaban J connectivity index is 2.14. The minimum atomic E-state index is -1.43. The standard InChI is InChI=1S/C14H18N6O3/c1-3-4-14(16)10(22)9(7(2)21)23-12(14)20-6-18-8-5-17-13(15)19-11(8)20/h5-7,9-10,12,21-22H,16H2,1-2H3,(H2,15,17,19)/t7-,9+,10-,12+,14?/m0/s1. The van der Waals surface area contributed by atoms with Crippen molar-refractivity contribution in [3.63, 3.8) is 0 Å². The van der Waals surface area contributed by atoms with Gasteiger partial charge in [-0.1, -0.05) is 5.92 Å². The fourth-order valence-corrected chi connectivity index (χ4v) is 2.79. The van der Waals surface area contributed by atoms with Crippen molar-refractivity contribution in [1.82, 2.24) is 19.5 Å². The van der Waals surface area contributed by atoms with Crippen LogP contribution in [0.4, 0.5) is 5.95 Å². The molecule has 0 spiro atoms. The van der Waals surface area contributed by atoms with Crippen LogP contribution in [-0.2, 0) is 4.74 Å². The summed E-state index contributed by atoms with van der Waals surface area (Å²) in [5, 5.41) is 20.3. The molecular weight excluding hydrogens is 300 g/mol. The molecule has 0 aromatic carbocycles. The third-order valence-electron chi connectivity index (χ3n) is 3.90. The molecule has 122 valence electrons. The normalized spacial score (nSPS) is 31.8. The summed E-state index contributed by atoms with van der Waals surface area (Å²) < 4.78 is 7.33. The van der Waals surface area contributed by atoms with Crippen LogP contribution in [0.2, 0.25) is 0 Å². The maximum Gasteiger partial charge on any atom is 0.222 e. The monoisotopic (exact) mass is 318 g/mol. The summed E-state index contributed by atoms with van der Waals surface area (Å²) >= 11 is 0. The van der Waals surface area contributed by atoms with E-state index in [2.05, 4.69) is 26.8 Å². The van der Waals surface area contributed by atoms with E-state index in [1.807, 2.05) is 0 Å². The van der Waals surface area contributed by atoms with E-state index in [-0.39, 0.29) is 5.95 Å². The average molecular weight is 318 g/mol. The Hall–Kier alpha value is -2.25. The Morgan fingerprint density at radius 2 is 2.22 bits per heavy atom. The van der Waals surface area contributed by atoms with Gasteiger partial charge in [0.15, 0.2) is 17.4 Å². The van der Waals surface area contributed by atoms with Crippen LogP contribution in [0.1, 0.15) is 20.1 Å². The lowest BCUT2D eigenvalue weighted by molar-refractivity contribution is -0.0756. The molecule has 1 fully saturated rings. The molecule has 0 aliphatic carbocycles. The van der Waals surface area contributed by atoms with E-state index >= 15 is 0 Å². The molecule has 3 heterocycles. The number of nitrogens with two attached hydrogens (primary N) is 2. The van der Waals surface area contributed by atoms with Crippen molar-refractivity contribution in [1.29, 1.82) is 0 Å². The van der Waals surface area contributed by atoms with Crippen LogP contribution in [0.15, 0.2) is 12.5 Å². The Labute approximate surface area is 132 Å². The second kappa shape index (κ2) is 5.43. The highest BCUT2D eigenvalue weighted by Crippen LogP contribution is 2.38. The number of hydrogen-bond acceptors (Lipinski definition) is 8. The predicted molar refractivity (Wildman–Crippen MR) is 81.7 cm³/mol. The third-order valence-corrected chi connectivity index (χ3v) is 3.90. The number of hydrogen-bond donors (Lipinski definition) is 4. The van der Waals surface area contributed by atoms with Gasteiger partial charge in [0, 0.05) is 0 Å². The number of fused-ring (bicyclic) bond motifs is 1. The minimum absolute atomic E-state index is 0.0778. The number of nitrogen functional groups attached to an aromatic ring is 1. The smallest absolute Gasteiger partial charge is 0.222 e. The number of nitrogens with zero attached hydrogens (tertiary/aromatic N) is 4. The molecule has 0 radical (unpaired) electrons. The summed E-state index contributed by atoms with van der Waals surface area (Å²) in [5.41, 5.74) is 11.4. The molecule has 0 saturated carbocycles. The molecule has 9 heteroatoms. The van der Waals surface area contributed by atoms with Gasteiger partial charge in [-0.05, 0) is 13.8 Å². The fourth-order valence-electron chi connectivity index (χ4n) is 2.79. The molecule has 0 bridgehead atoms. The maximum atomic E-state index is 10.5. The van der Waals surface area contributed by atoms with E-state index < -0.39 is 30.1 Å². The lowest BCUT2D eigenvalue weighted by Gasteiger charge is -2.27. The molecule has 1 unspecified atom stereocenters. The molecule has 2 aromatic rings. The molecule has 6 N–H and O–H groups in total. The molecule has 9 nitrogen and oxygen atoms in total. The summed E-state index contributed by atoms with van der Waals surface area (Å²) in [4.78, 5) is 12.2. The van der Waals surface area contributed by atoms with Crippen LogP contribution >= 0.6 is 0 Å². The molecule has 2 aromatic heterocycles. The second-order valence-corrected chi connectivity index (χ2v) is 5.54. The summed E-state index contributed by atoms with van der Waals surface area (Å²) in [6, 6.07) is 0. The third kappa shape index (κ3) is 2.32. The highest BCUT2D eigenvalue weighted by Gasteiger charge is 2.55. The van der Waals surface area contributed by atoms with Crippen LogP contribution in [-0.4, -0.2) is 53.6 Å². The number of rotatable bonds is 2. The van der Waals surface area contributed by atoms with Gasteiger partial charge in [-0.25, -0.2) is 9.97 Å². The number of aromatic nitrogens is 4. The Morgan fingerprint density at radius 1 is 1.48 bits per heavy atom. The molecule has 1 aliphatic rings. The number of imidazole rings is 1. The zero-order chi connectivity index (χ0) is 16.8. The van der Waals surface area contributed by atoms with Gasteiger partial charge in [0.2, 0.25) is 5.95 Å². The van der Waals surface area contributed by atoms with Gasteiger partial charge in [0.05, 0.1) is 18.6 Å². The highest BCUT2D eigenvalue weighted by atomic mass is 16.5. The van der Waals surface area contributed by atoms with Crippen molar-refractivity contribution in [3.05, 3.63) is 12.5 Å². The number of anilines is 1. The van der Waals surface area contributed by atoms with Gasteiger partial charge in [-0.2, -0.15) is 4.98 Å². The zero-order valence-corrected chi connectivity index (χ0v) is 12.7. The summed E-state index contributed by atoms with van der Waals surface area (Å²) in [6.45, 7) is 3.13. The largest absolute Gasteiger partial charge is 0.391 e. The zero-order valence-electron chi connectivity index (χ0n) is 12.7. The van der Waals surface area contributed by atoms with Gasteiger partial charge in [-0.15, -0.1) is 5.92 Å². The van der Waals surface area contributed by atoms with Crippen LogP contribution in [0.3, 0.4) is 0 Å². The molecule has 23 heavy (non-hydrogen) atoms. The van der Waals surface area contributed by atoms with Gasteiger partial charge in [0.1, 0.15) is 17.7 Å². The van der Waals surface area contributed by atoms with E-state index in [1.54, 1.807) is 11.5 Å². The first-order chi connectivity index (χ1) is 10.9. The average Bonchev–Trinajstić information content (AvgIpc) is 3.00. The topological polar surface area (TPSA) is 145 Å². The van der Waals surface area contributed by atoms with Crippen molar-refractivity contribution in [2.45, 2.75) is 43.9 Å². The van der Waals surface area contributed by atoms with Crippen molar-refractivity contribution in [2.75, 3.05) is 5.73 Å². The predicted octanol–water partition coefficient (Wildman–Crippen LogP) is -1.23. The first kappa shape index (κ1) is 15.6. The van der Waals surface area contributed by atoms with Crippen LogP contribution in [0.5, 0.6) is 0 Å². The van der Waals surface area contributed by atoms with Crippen LogP contribution in [0.25, 0.3) is 11.2 Å². The van der Waals surface area contributed by atoms with E-state index in [1.165, 1.54) is 19.4 Å². The van der Waals surface area contributed by atoms with Crippen molar-refractivity contribution in [3.8, 4) is 11.8 Å². The lowest BCUT2D eigenvalue weighted by Crippen LogP contribution is -2.54. The van der Waals surface area contributed by atoms with E-state index in [9.17, 15) is 10.2 Å². The van der Waals surface area contributed by atoms with Crippen molar-refractivity contribution >= 4 is 17.1 Å². The van der Waals surface area contributed by atoms with Crippen LogP contribution in [0, 0.1) is 11.8 Å². The van der Waals surface area contributed by atoms with E-state index in [0.29, 0.717) is 11.2 Å². The van der Waals surface area contributed by atoms with Gasteiger partial charge < -0.3 is 26.4 Å². The Bertz CT molecular complexity index is 795. The molecule has 0 amide bonds. The Kier molecular flexibility index (Phi) is 3.69. The summed E-state index contributed by atoms with van der Waals surface area (Å²) in [7, 11) is 0.